The predicted molar refractivity (Wildman–Crippen MR) is 245 cm³/mol. The molecular formula is C47H48N6O15. The molecule has 0 saturated carbocycles. The summed E-state index contributed by atoms with van der Waals surface area (Å²) in [6.45, 7) is 6.96. The highest BCUT2D eigenvalue weighted by atomic mass is 16.8. The first kappa shape index (κ1) is 50.6. The van der Waals surface area contributed by atoms with Gasteiger partial charge >= 0.3 is 11.9 Å². The van der Waals surface area contributed by atoms with Crippen LogP contribution in [0.5, 0.6) is 17.2 Å². The largest absolute Gasteiger partial charge is 0.595 e. The third kappa shape index (κ3) is 12.9. The number of phenolic OH excluding ortho intramolecular Hbond substituents is 1. The number of nitrogens with one attached hydrogen (secondary N) is 6. The predicted octanol–water partition coefficient (Wildman–Crippen LogP) is 5.05. The van der Waals surface area contributed by atoms with Gasteiger partial charge in [-0.2, -0.15) is 5.23 Å². The minimum atomic E-state index is -1.88. The minimum Gasteiger partial charge on any atom is -0.595 e. The summed E-state index contributed by atoms with van der Waals surface area (Å²) in [5.74, 6) is -7.41. The van der Waals surface area contributed by atoms with Gasteiger partial charge in [0.25, 0.3) is 29.5 Å². The summed E-state index contributed by atoms with van der Waals surface area (Å²) in [4.78, 5) is 89.9. The smallest absolute Gasteiger partial charge is 0.335 e. The summed E-state index contributed by atoms with van der Waals surface area (Å²) < 4.78 is 16.9. The maximum absolute atomic E-state index is 13.5. The molecule has 0 aliphatic rings. The highest BCUT2D eigenvalue weighted by molar-refractivity contribution is 6.10. The first-order valence-corrected chi connectivity index (χ1v) is 20.7. The number of carbonyl (C=O) groups is 7. The van der Waals surface area contributed by atoms with Crippen LogP contribution in [-0.2, 0) is 14.3 Å². The molecule has 356 valence electrons. The van der Waals surface area contributed by atoms with Gasteiger partial charge in [-0.1, -0.05) is 6.92 Å². The lowest BCUT2D eigenvalue weighted by atomic mass is 10.1. The van der Waals surface area contributed by atoms with Crippen LogP contribution >= 0.6 is 0 Å². The van der Waals surface area contributed by atoms with Gasteiger partial charge in [-0.15, -0.1) is 0 Å². The van der Waals surface area contributed by atoms with Crippen molar-refractivity contribution in [1.29, 1.82) is 0 Å². The highest BCUT2D eigenvalue weighted by Gasteiger charge is 2.36. The van der Waals surface area contributed by atoms with E-state index in [0.29, 0.717) is 6.42 Å². The molecule has 10 N–H and O–H groups in total. The molecule has 0 spiro atoms. The second-order valence-corrected chi connectivity index (χ2v) is 15.2. The molecule has 1 unspecified atom stereocenters. The lowest BCUT2D eigenvalue weighted by molar-refractivity contribution is -0.991. The van der Waals surface area contributed by atoms with Crippen molar-refractivity contribution in [3.8, 4) is 17.2 Å². The Morgan fingerprint density at radius 2 is 1.16 bits per heavy atom. The highest BCUT2D eigenvalue weighted by Crippen LogP contribution is 2.40. The number of quaternary nitrogens is 1. The van der Waals surface area contributed by atoms with Crippen molar-refractivity contribution in [1.82, 2.24) is 5.32 Å². The van der Waals surface area contributed by atoms with E-state index in [1.165, 1.54) is 103 Å². The summed E-state index contributed by atoms with van der Waals surface area (Å²) in [7, 11) is 1.07. The maximum atomic E-state index is 13.5. The Bertz CT molecular complexity index is 2670. The first-order chi connectivity index (χ1) is 32.3. The Morgan fingerprint density at radius 3 is 1.69 bits per heavy atom. The third-order valence-corrected chi connectivity index (χ3v) is 9.94. The van der Waals surface area contributed by atoms with E-state index in [1.54, 1.807) is 20.8 Å². The van der Waals surface area contributed by atoms with Gasteiger partial charge < -0.3 is 61.3 Å². The molecule has 0 heterocycles. The molecule has 0 radical (unpaired) electrons. The van der Waals surface area contributed by atoms with Crippen LogP contribution in [0.1, 0.15) is 85.9 Å². The van der Waals surface area contributed by atoms with E-state index < -0.39 is 70.7 Å². The quantitative estimate of drug-likeness (QED) is 0.0457. The summed E-state index contributed by atoms with van der Waals surface area (Å²) in [5, 5.41) is 62.4. The summed E-state index contributed by atoms with van der Waals surface area (Å²) in [6.07, 6.45) is -2.01. The molecule has 4 atom stereocenters. The number of methoxy groups -OCH3 is 1. The van der Waals surface area contributed by atoms with E-state index in [0.717, 1.165) is 7.11 Å². The van der Waals surface area contributed by atoms with E-state index in [4.69, 9.17) is 19.4 Å². The van der Waals surface area contributed by atoms with Crippen LogP contribution in [0.4, 0.5) is 28.4 Å². The van der Waals surface area contributed by atoms with Crippen LogP contribution in [-0.4, -0.2) is 93.5 Å². The van der Waals surface area contributed by atoms with Gasteiger partial charge in [0, 0.05) is 47.3 Å². The van der Waals surface area contributed by atoms with Gasteiger partial charge in [0.15, 0.2) is 29.3 Å². The number of benzene rings is 5. The number of rotatable bonds is 20. The molecule has 21 heteroatoms. The van der Waals surface area contributed by atoms with Crippen molar-refractivity contribution in [2.45, 2.75) is 58.5 Å². The van der Waals surface area contributed by atoms with Gasteiger partial charge in [-0.25, -0.2) is 14.8 Å². The summed E-state index contributed by atoms with van der Waals surface area (Å²) >= 11 is 0. The van der Waals surface area contributed by atoms with Gasteiger partial charge in [-0.05, 0) is 118 Å². The van der Waals surface area contributed by atoms with Crippen molar-refractivity contribution in [3.63, 3.8) is 0 Å². The van der Waals surface area contributed by atoms with Gasteiger partial charge in [0.1, 0.15) is 5.75 Å². The Hall–Kier alpha value is -8.37. The van der Waals surface area contributed by atoms with Gasteiger partial charge in [-0.3, -0.25) is 24.0 Å². The average Bonchev–Trinajstić information content (AvgIpc) is 3.30. The molecule has 21 nitrogen and oxygen atoms in total. The molecule has 0 fully saturated rings. The summed E-state index contributed by atoms with van der Waals surface area (Å²) in [6, 6.07) is 20.6. The number of aliphatic carboxylic acids is 1. The van der Waals surface area contributed by atoms with Crippen LogP contribution < -0.4 is 41.3 Å². The molecular weight excluding hydrogens is 889 g/mol. The zero-order valence-corrected chi connectivity index (χ0v) is 37.1. The van der Waals surface area contributed by atoms with Crippen molar-refractivity contribution >= 4 is 69.9 Å². The number of phenols is 1. The summed E-state index contributed by atoms with van der Waals surface area (Å²) in [5.41, 5.74) is 0.448. The Morgan fingerprint density at radius 1 is 0.647 bits per heavy atom. The molecule has 5 amide bonds. The molecule has 0 aliphatic carbocycles. The van der Waals surface area contributed by atoms with Crippen molar-refractivity contribution < 1.29 is 73.5 Å². The number of aromatic hydroxyl groups is 1. The number of ether oxygens (including phenoxy) is 3. The molecule has 5 rings (SSSR count). The van der Waals surface area contributed by atoms with E-state index in [2.05, 4.69) is 26.6 Å². The van der Waals surface area contributed by atoms with Crippen LogP contribution in [0.15, 0.2) is 103 Å². The number of aromatic carboxylic acids is 1. The number of anilines is 4. The SMILES string of the molecule is CC[C@@H](C)Oc1cc(C(=O)O)ccc1NC(=O)c1ccc(NC(=O)c2ccc(NC(=O)[C@H](OC)[C@H](NC(=O)c3ccc(NC(=O)c4ccc([NH+]([O-])O)cc4)cc3)C(=O)O)cc2)c(OC(C)C)c1O. The number of hydrogen-bond donors (Lipinski definition) is 10. The third-order valence-electron chi connectivity index (χ3n) is 9.94. The maximum Gasteiger partial charge on any atom is 0.335 e. The molecule has 0 saturated heterocycles. The van der Waals surface area contributed by atoms with E-state index in [1.807, 2.05) is 6.92 Å². The van der Waals surface area contributed by atoms with E-state index in [-0.39, 0.29) is 73.9 Å². The van der Waals surface area contributed by atoms with Crippen molar-refractivity contribution in [2.24, 2.45) is 0 Å². The normalized spacial score (nSPS) is 12.6. The fourth-order valence-corrected chi connectivity index (χ4v) is 6.22. The van der Waals surface area contributed by atoms with Crippen LogP contribution in [0.2, 0.25) is 0 Å². The number of hydrogen-bond acceptors (Lipinski definition) is 13. The number of carbonyl (C=O) groups excluding carboxylic acids is 5. The molecule has 5 aromatic rings. The first-order valence-electron chi connectivity index (χ1n) is 20.7. The standard InChI is InChI=1S/C47H48N6O15/c1-6-25(4)68-36-23-29(46(60)61)13-21-34(36)50-44(58)33-20-22-35(39(38(33)54)67-24(2)3)51-42(56)26-7-16-31(17-8-26)49-45(59)40(66-5)37(47(62)63)52-43(57)27-9-14-30(15-10-27)48-41(55)28-11-18-32(19-12-28)53(64)65/h7-25,37,40,53-54,64H,6H2,1-5H3,(H,48,55)(H,49,59)(H,50,58)(H,51,56)(H,52,57)(H,60,61)(H,62,63)/t25-,37+,40-/m1/s1. The number of carboxylic acid groups (broad SMARTS) is 2. The minimum absolute atomic E-state index is 0.000582. The molecule has 0 aromatic heterocycles. The van der Waals surface area contributed by atoms with E-state index >= 15 is 0 Å². The molecule has 5 aromatic carbocycles. The fraction of sp³-hybridized carbons (Fsp3) is 0.213. The van der Waals surface area contributed by atoms with Crippen LogP contribution in [0, 0.1) is 5.21 Å². The lowest BCUT2D eigenvalue weighted by Crippen LogP contribution is -2.99. The Balaban J connectivity index is 1.23. The Kier molecular flexibility index (Phi) is 16.9. The lowest BCUT2D eigenvalue weighted by Gasteiger charge is -2.23. The van der Waals surface area contributed by atoms with Crippen molar-refractivity contribution in [2.75, 3.05) is 28.4 Å². The number of amides is 5. The molecule has 0 aliphatic heterocycles. The topological polar surface area (TPSA) is 316 Å². The Labute approximate surface area is 388 Å². The number of carboxylic acids is 2. The van der Waals surface area contributed by atoms with Crippen molar-refractivity contribution in [3.05, 3.63) is 136 Å². The van der Waals surface area contributed by atoms with Gasteiger partial charge in [0.2, 0.25) is 0 Å². The second-order valence-electron chi connectivity index (χ2n) is 15.2. The van der Waals surface area contributed by atoms with Gasteiger partial charge in [0.05, 0.1) is 34.7 Å². The molecule has 68 heavy (non-hydrogen) atoms. The van der Waals surface area contributed by atoms with Crippen LogP contribution in [0.25, 0.3) is 0 Å². The monoisotopic (exact) mass is 936 g/mol. The zero-order chi connectivity index (χ0) is 49.8. The second kappa shape index (κ2) is 22.7. The average molecular weight is 937 g/mol. The van der Waals surface area contributed by atoms with Crippen LogP contribution in [0.3, 0.4) is 0 Å². The van der Waals surface area contributed by atoms with E-state index in [9.17, 15) is 54.1 Å². The molecule has 0 bridgehead atoms. The zero-order valence-electron chi connectivity index (χ0n) is 37.1. The fourth-order valence-electron chi connectivity index (χ4n) is 6.22.